The van der Waals surface area contributed by atoms with Crippen LogP contribution in [0.5, 0.6) is 11.6 Å². The van der Waals surface area contributed by atoms with Gasteiger partial charge in [0.05, 0.1) is 11.9 Å². The molecule has 0 unspecified atom stereocenters. The third-order valence-corrected chi connectivity index (χ3v) is 2.26. The number of aryl methyl sites for hydroxylation is 1. The standard InChI is InChI=1S/C12H10F2N2O/c1-7-3-2-4-10(11(7)15)17-12-9(14)5-8(13)6-16-12/h2-6H,15H2,1H3. The number of aromatic nitrogens is 1. The highest BCUT2D eigenvalue weighted by atomic mass is 19.1. The zero-order valence-corrected chi connectivity index (χ0v) is 9.08. The van der Waals surface area contributed by atoms with Crippen LogP contribution in [0.4, 0.5) is 14.5 Å². The van der Waals surface area contributed by atoms with E-state index in [1.165, 1.54) is 0 Å². The Balaban J connectivity index is 2.35. The van der Waals surface area contributed by atoms with Crippen molar-refractivity contribution in [2.45, 2.75) is 6.92 Å². The molecule has 0 bridgehead atoms. The van der Waals surface area contributed by atoms with Gasteiger partial charge >= 0.3 is 0 Å². The topological polar surface area (TPSA) is 48.1 Å². The minimum atomic E-state index is -0.870. The molecule has 0 saturated carbocycles. The maximum absolute atomic E-state index is 13.3. The molecule has 3 nitrogen and oxygen atoms in total. The van der Waals surface area contributed by atoms with E-state index in [0.717, 1.165) is 11.8 Å². The third kappa shape index (κ3) is 2.33. The largest absolute Gasteiger partial charge is 0.434 e. The monoisotopic (exact) mass is 236 g/mol. The number of hydrogen-bond acceptors (Lipinski definition) is 3. The van der Waals surface area contributed by atoms with Crippen molar-refractivity contribution in [2.75, 3.05) is 5.73 Å². The summed E-state index contributed by atoms with van der Waals surface area (Å²) in [5, 5.41) is 0. The van der Waals surface area contributed by atoms with Gasteiger partial charge in [-0.05, 0) is 18.6 Å². The maximum atomic E-state index is 13.3. The van der Waals surface area contributed by atoms with E-state index in [2.05, 4.69) is 4.98 Å². The molecule has 2 aromatic rings. The number of rotatable bonds is 2. The predicted molar refractivity (Wildman–Crippen MR) is 59.8 cm³/mol. The number of ether oxygens (including phenoxy) is 1. The highest BCUT2D eigenvalue weighted by Crippen LogP contribution is 2.29. The van der Waals surface area contributed by atoms with Crippen LogP contribution in [0.1, 0.15) is 5.56 Å². The van der Waals surface area contributed by atoms with E-state index in [0.29, 0.717) is 17.5 Å². The van der Waals surface area contributed by atoms with E-state index in [-0.39, 0.29) is 5.88 Å². The van der Waals surface area contributed by atoms with Crippen LogP contribution in [-0.4, -0.2) is 4.98 Å². The van der Waals surface area contributed by atoms with Crippen molar-refractivity contribution in [1.29, 1.82) is 0 Å². The second-order valence-electron chi connectivity index (χ2n) is 3.53. The van der Waals surface area contributed by atoms with Gasteiger partial charge in [-0.2, -0.15) is 0 Å². The minimum absolute atomic E-state index is 0.294. The number of pyridine rings is 1. The molecule has 0 saturated heterocycles. The average Bonchev–Trinajstić information content (AvgIpc) is 2.28. The first-order chi connectivity index (χ1) is 8.08. The van der Waals surface area contributed by atoms with Crippen molar-refractivity contribution < 1.29 is 13.5 Å². The van der Waals surface area contributed by atoms with Crippen LogP contribution in [0.15, 0.2) is 30.5 Å². The van der Waals surface area contributed by atoms with Crippen LogP contribution in [-0.2, 0) is 0 Å². The molecule has 0 radical (unpaired) electrons. The number of nitrogens with zero attached hydrogens (tertiary/aromatic N) is 1. The normalized spacial score (nSPS) is 10.3. The van der Waals surface area contributed by atoms with Crippen LogP contribution in [0.2, 0.25) is 0 Å². The van der Waals surface area contributed by atoms with Gasteiger partial charge in [-0.15, -0.1) is 0 Å². The van der Waals surface area contributed by atoms with Gasteiger partial charge < -0.3 is 10.5 Å². The highest BCUT2D eigenvalue weighted by molar-refractivity contribution is 5.58. The van der Waals surface area contributed by atoms with Gasteiger partial charge in [0.2, 0.25) is 0 Å². The zero-order chi connectivity index (χ0) is 12.4. The summed E-state index contributed by atoms with van der Waals surface area (Å²) >= 11 is 0. The van der Waals surface area contributed by atoms with Crippen LogP contribution < -0.4 is 10.5 Å². The molecule has 0 fully saturated rings. The van der Waals surface area contributed by atoms with Gasteiger partial charge in [-0.1, -0.05) is 12.1 Å². The number of nitrogen functional groups attached to an aromatic ring is 1. The lowest BCUT2D eigenvalue weighted by Crippen LogP contribution is -1.98. The Bertz CT molecular complexity index is 558. The summed E-state index contributed by atoms with van der Waals surface area (Å²) < 4.78 is 31.1. The number of benzene rings is 1. The summed E-state index contributed by atoms with van der Waals surface area (Å²) in [4.78, 5) is 3.52. The van der Waals surface area contributed by atoms with Crippen LogP contribution >= 0.6 is 0 Å². The van der Waals surface area contributed by atoms with E-state index in [1.54, 1.807) is 25.1 Å². The van der Waals surface area contributed by atoms with Gasteiger partial charge in [0.25, 0.3) is 5.88 Å². The number of para-hydroxylation sites is 1. The van der Waals surface area contributed by atoms with Crippen molar-refractivity contribution in [2.24, 2.45) is 0 Å². The number of hydrogen-bond donors (Lipinski definition) is 1. The average molecular weight is 236 g/mol. The molecule has 0 aliphatic carbocycles. The SMILES string of the molecule is Cc1cccc(Oc2ncc(F)cc2F)c1N. The molecule has 0 amide bonds. The predicted octanol–water partition coefficient (Wildman–Crippen LogP) is 3.04. The molecule has 2 rings (SSSR count). The molecule has 0 spiro atoms. The molecule has 1 heterocycles. The molecular weight excluding hydrogens is 226 g/mol. The maximum Gasteiger partial charge on any atom is 0.256 e. The second-order valence-corrected chi connectivity index (χ2v) is 3.53. The molecule has 17 heavy (non-hydrogen) atoms. The third-order valence-electron chi connectivity index (χ3n) is 2.26. The lowest BCUT2D eigenvalue weighted by molar-refractivity contribution is 0.418. The Morgan fingerprint density at radius 1 is 1.29 bits per heavy atom. The second kappa shape index (κ2) is 4.37. The summed E-state index contributed by atoms with van der Waals surface area (Å²) in [5.74, 6) is -1.63. The number of nitrogens with two attached hydrogens (primary N) is 1. The van der Waals surface area contributed by atoms with E-state index in [4.69, 9.17) is 10.5 Å². The molecule has 0 aliphatic rings. The molecule has 5 heteroatoms. The molecule has 0 atom stereocenters. The number of halogens is 2. The van der Waals surface area contributed by atoms with Gasteiger partial charge in [0, 0.05) is 6.07 Å². The van der Waals surface area contributed by atoms with Gasteiger partial charge in [-0.25, -0.2) is 13.8 Å². The van der Waals surface area contributed by atoms with E-state index in [9.17, 15) is 8.78 Å². The molecule has 1 aromatic heterocycles. The first-order valence-corrected chi connectivity index (χ1v) is 4.92. The highest BCUT2D eigenvalue weighted by Gasteiger charge is 2.10. The smallest absolute Gasteiger partial charge is 0.256 e. The fourth-order valence-corrected chi connectivity index (χ4v) is 1.32. The van der Waals surface area contributed by atoms with Gasteiger partial charge in [0.1, 0.15) is 5.82 Å². The van der Waals surface area contributed by atoms with Gasteiger partial charge in [0.15, 0.2) is 11.6 Å². The minimum Gasteiger partial charge on any atom is -0.434 e. The zero-order valence-electron chi connectivity index (χ0n) is 9.08. The Hall–Kier alpha value is -2.17. The quantitative estimate of drug-likeness (QED) is 0.815. The lowest BCUT2D eigenvalue weighted by Gasteiger charge is -2.09. The molecule has 88 valence electrons. The molecule has 2 N–H and O–H groups in total. The summed E-state index contributed by atoms with van der Waals surface area (Å²) in [5.41, 5.74) is 6.97. The Kier molecular flexibility index (Phi) is 2.91. The first-order valence-electron chi connectivity index (χ1n) is 4.92. The lowest BCUT2D eigenvalue weighted by atomic mass is 10.2. The van der Waals surface area contributed by atoms with E-state index in [1.807, 2.05) is 0 Å². The Morgan fingerprint density at radius 2 is 2.06 bits per heavy atom. The fraction of sp³-hybridized carbons (Fsp3) is 0.0833. The van der Waals surface area contributed by atoms with Crippen LogP contribution in [0, 0.1) is 18.6 Å². The van der Waals surface area contributed by atoms with E-state index < -0.39 is 11.6 Å². The summed E-state index contributed by atoms with van der Waals surface area (Å²) in [6.07, 6.45) is 0.879. The van der Waals surface area contributed by atoms with Crippen LogP contribution in [0.3, 0.4) is 0 Å². The van der Waals surface area contributed by atoms with Crippen molar-refractivity contribution in [1.82, 2.24) is 4.98 Å². The van der Waals surface area contributed by atoms with Crippen LogP contribution in [0.25, 0.3) is 0 Å². The molecular formula is C12H10F2N2O. The fourth-order valence-electron chi connectivity index (χ4n) is 1.32. The summed E-state index contributed by atoms with van der Waals surface area (Å²) in [6.45, 7) is 1.80. The van der Waals surface area contributed by atoms with Crippen molar-refractivity contribution >= 4 is 5.69 Å². The summed E-state index contributed by atoms with van der Waals surface area (Å²) in [7, 11) is 0. The summed E-state index contributed by atoms with van der Waals surface area (Å²) in [6, 6.07) is 5.82. The molecule has 1 aromatic carbocycles. The Morgan fingerprint density at radius 3 is 2.76 bits per heavy atom. The van der Waals surface area contributed by atoms with Crippen molar-refractivity contribution in [3.63, 3.8) is 0 Å². The van der Waals surface area contributed by atoms with Crippen molar-refractivity contribution in [3.05, 3.63) is 47.7 Å². The number of anilines is 1. The van der Waals surface area contributed by atoms with Crippen molar-refractivity contribution in [3.8, 4) is 11.6 Å². The van der Waals surface area contributed by atoms with Gasteiger partial charge in [-0.3, -0.25) is 0 Å². The first kappa shape index (κ1) is 11.3. The van der Waals surface area contributed by atoms with E-state index >= 15 is 0 Å². The Labute approximate surface area is 96.9 Å². The molecule has 0 aliphatic heterocycles.